The van der Waals surface area contributed by atoms with Crippen LogP contribution < -0.4 is 5.32 Å². The summed E-state index contributed by atoms with van der Waals surface area (Å²) in [6.07, 6.45) is 4.45. The lowest BCUT2D eigenvalue weighted by atomic mass is 10.1. The second kappa shape index (κ2) is 7.97. The van der Waals surface area contributed by atoms with E-state index in [1.54, 1.807) is 6.07 Å². The van der Waals surface area contributed by atoms with Gasteiger partial charge in [-0.2, -0.15) is 0 Å². The quantitative estimate of drug-likeness (QED) is 0.578. The van der Waals surface area contributed by atoms with E-state index in [0.29, 0.717) is 16.3 Å². The summed E-state index contributed by atoms with van der Waals surface area (Å²) in [5, 5.41) is 4.37. The number of carbonyl (C=O) groups is 1. The van der Waals surface area contributed by atoms with Crippen molar-refractivity contribution in [1.82, 2.24) is 9.88 Å². The lowest BCUT2D eigenvalue weighted by Crippen LogP contribution is -2.18. The molecule has 1 aliphatic rings. The second-order valence-corrected chi connectivity index (χ2v) is 8.05. The third kappa shape index (κ3) is 4.15. The van der Waals surface area contributed by atoms with Crippen LogP contribution in [0.5, 0.6) is 0 Å². The van der Waals surface area contributed by atoms with Crippen LogP contribution in [0.4, 0.5) is 5.69 Å². The van der Waals surface area contributed by atoms with Crippen molar-refractivity contribution in [3.05, 3.63) is 69.3 Å². The highest BCUT2D eigenvalue weighted by Gasteiger charge is 2.14. The number of hydrogen-bond donors (Lipinski definition) is 1. The van der Waals surface area contributed by atoms with Crippen LogP contribution in [-0.2, 0) is 6.54 Å². The number of anilines is 1. The molecule has 0 bridgehead atoms. The molecule has 27 heavy (non-hydrogen) atoms. The summed E-state index contributed by atoms with van der Waals surface area (Å²) >= 11 is 9.83. The Bertz CT molecular complexity index is 1000. The number of carbonyl (C=O) groups excluding carboxylic acids is 1. The van der Waals surface area contributed by atoms with Crippen molar-refractivity contribution >= 4 is 50.0 Å². The molecule has 0 atom stereocenters. The van der Waals surface area contributed by atoms with Gasteiger partial charge in [-0.15, -0.1) is 0 Å². The van der Waals surface area contributed by atoms with Crippen molar-refractivity contribution in [3.63, 3.8) is 0 Å². The van der Waals surface area contributed by atoms with Crippen LogP contribution in [0, 0.1) is 0 Å². The number of nitrogens with one attached hydrogen (secondary N) is 1. The van der Waals surface area contributed by atoms with Crippen LogP contribution in [0.15, 0.2) is 53.1 Å². The minimum atomic E-state index is -0.214. The molecule has 1 aromatic heterocycles. The van der Waals surface area contributed by atoms with E-state index < -0.39 is 0 Å². The van der Waals surface area contributed by atoms with E-state index in [1.165, 1.54) is 18.4 Å². The van der Waals surface area contributed by atoms with Crippen molar-refractivity contribution in [2.24, 2.45) is 0 Å². The zero-order chi connectivity index (χ0) is 18.8. The molecule has 0 spiro atoms. The molecule has 2 heterocycles. The van der Waals surface area contributed by atoms with Crippen LogP contribution in [0.1, 0.15) is 28.8 Å². The molecule has 1 saturated heterocycles. The van der Waals surface area contributed by atoms with Gasteiger partial charge < -0.3 is 5.32 Å². The maximum Gasteiger partial charge on any atom is 0.256 e. The van der Waals surface area contributed by atoms with Gasteiger partial charge in [-0.1, -0.05) is 23.7 Å². The number of amides is 1. The number of benzene rings is 2. The van der Waals surface area contributed by atoms with E-state index in [0.717, 1.165) is 35.0 Å². The first-order valence-electron chi connectivity index (χ1n) is 8.96. The van der Waals surface area contributed by atoms with E-state index in [2.05, 4.69) is 37.2 Å². The Morgan fingerprint density at radius 1 is 1.19 bits per heavy atom. The molecule has 6 heteroatoms. The summed E-state index contributed by atoms with van der Waals surface area (Å²) in [6, 6.07) is 13.1. The van der Waals surface area contributed by atoms with Crippen LogP contribution in [-0.4, -0.2) is 28.9 Å². The fraction of sp³-hybridized carbons (Fsp3) is 0.238. The summed E-state index contributed by atoms with van der Waals surface area (Å²) in [5.74, 6) is -0.214. The SMILES string of the molecule is O=C(Nc1cc2ncc(CN3CCCC3)cc2cc1Cl)c1ccccc1Br. The van der Waals surface area contributed by atoms with Gasteiger partial charge in [0.1, 0.15) is 0 Å². The van der Waals surface area contributed by atoms with E-state index in [4.69, 9.17) is 11.6 Å². The van der Waals surface area contributed by atoms with E-state index in [9.17, 15) is 4.79 Å². The van der Waals surface area contributed by atoms with Gasteiger partial charge in [-0.05, 0) is 77.8 Å². The molecule has 0 aliphatic carbocycles. The number of nitrogens with zero attached hydrogens (tertiary/aromatic N) is 2. The number of likely N-dealkylation sites (tertiary alicyclic amines) is 1. The molecule has 4 nitrogen and oxygen atoms in total. The molecule has 0 radical (unpaired) electrons. The summed E-state index contributed by atoms with van der Waals surface area (Å²) in [5.41, 5.74) is 3.12. The third-order valence-corrected chi connectivity index (χ3v) is 5.80. The first-order chi connectivity index (χ1) is 13.1. The summed E-state index contributed by atoms with van der Waals surface area (Å²) in [7, 11) is 0. The molecule has 1 N–H and O–H groups in total. The van der Waals surface area contributed by atoms with Crippen LogP contribution >= 0.6 is 27.5 Å². The van der Waals surface area contributed by atoms with Crippen molar-refractivity contribution in [2.45, 2.75) is 19.4 Å². The van der Waals surface area contributed by atoms with Gasteiger partial charge >= 0.3 is 0 Å². The molecule has 2 aromatic carbocycles. The minimum absolute atomic E-state index is 0.214. The Labute approximate surface area is 171 Å². The van der Waals surface area contributed by atoms with Gasteiger partial charge in [0, 0.05) is 22.6 Å². The average Bonchev–Trinajstić information content (AvgIpc) is 3.16. The smallest absolute Gasteiger partial charge is 0.256 e. The maximum absolute atomic E-state index is 12.5. The molecule has 1 fully saturated rings. The number of fused-ring (bicyclic) bond motifs is 1. The van der Waals surface area contributed by atoms with Gasteiger partial charge in [-0.3, -0.25) is 14.7 Å². The van der Waals surface area contributed by atoms with Crippen molar-refractivity contribution in [3.8, 4) is 0 Å². The largest absolute Gasteiger partial charge is 0.321 e. The first kappa shape index (κ1) is 18.4. The van der Waals surface area contributed by atoms with Gasteiger partial charge in [0.05, 0.1) is 21.8 Å². The monoisotopic (exact) mass is 443 g/mol. The van der Waals surface area contributed by atoms with Gasteiger partial charge in [-0.25, -0.2) is 0 Å². The summed E-state index contributed by atoms with van der Waals surface area (Å²) in [4.78, 5) is 19.6. The molecule has 138 valence electrons. The normalized spacial score (nSPS) is 14.6. The number of hydrogen-bond acceptors (Lipinski definition) is 3. The standard InChI is InChI=1S/C21H19BrClN3O/c22-17-6-2-1-5-16(17)21(27)25-20-11-19-15(10-18(20)23)9-14(12-24-19)13-26-7-3-4-8-26/h1-2,5-6,9-12H,3-4,7-8,13H2,(H,25,27). The minimum Gasteiger partial charge on any atom is -0.321 e. The Hall–Kier alpha value is -1.95. The molecule has 1 aliphatic heterocycles. The predicted octanol–water partition coefficient (Wildman–Crippen LogP) is 5.50. The Balaban J connectivity index is 1.58. The maximum atomic E-state index is 12.5. The predicted molar refractivity (Wildman–Crippen MR) is 113 cm³/mol. The van der Waals surface area contributed by atoms with Crippen LogP contribution in [0.2, 0.25) is 5.02 Å². The zero-order valence-electron chi connectivity index (χ0n) is 14.7. The molecule has 1 amide bonds. The van der Waals surface area contributed by atoms with E-state index >= 15 is 0 Å². The van der Waals surface area contributed by atoms with Gasteiger partial charge in [0.2, 0.25) is 0 Å². The Morgan fingerprint density at radius 2 is 1.96 bits per heavy atom. The fourth-order valence-electron chi connectivity index (χ4n) is 3.41. The molecule has 3 aromatic rings. The number of rotatable bonds is 4. The average molecular weight is 445 g/mol. The molecular weight excluding hydrogens is 426 g/mol. The lowest BCUT2D eigenvalue weighted by Gasteiger charge is -2.15. The Morgan fingerprint density at radius 3 is 2.74 bits per heavy atom. The van der Waals surface area contributed by atoms with E-state index in [1.807, 2.05) is 36.5 Å². The third-order valence-electron chi connectivity index (χ3n) is 4.80. The van der Waals surface area contributed by atoms with Crippen LogP contribution in [0.3, 0.4) is 0 Å². The topological polar surface area (TPSA) is 45.2 Å². The number of halogens is 2. The highest BCUT2D eigenvalue weighted by atomic mass is 79.9. The molecule has 4 rings (SSSR count). The lowest BCUT2D eigenvalue weighted by molar-refractivity contribution is 0.102. The fourth-order valence-corrected chi connectivity index (χ4v) is 4.09. The molecule has 0 unspecified atom stereocenters. The highest BCUT2D eigenvalue weighted by Crippen LogP contribution is 2.29. The number of pyridine rings is 1. The second-order valence-electron chi connectivity index (χ2n) is 6.79. The first-order valence-corrected chi connectivity index (χ1v) is 10.1. The zero-order valence-corrected chi connectivity index (χ0v) is 17.1. The van der Waals surface area contributed by atoms with Crippen molar-refractivity contribution in [1.29, 1.82) is 0 Å². The molecule has 0 saturated carbocycles. The van der Waals surface area contributed by atoms with Crippen LogP contribution in [0.25, 0.3) is 10.9 Å². The van der Waals surface area contributed by atoms with Gasteiger partial charge in [0.25, 0.3) is 5.91 Å². The summed E-state index contributed by atoms with van der Waals surface area (Å²) in [6.45, 7) is 3.22. The van der Waals surface area contributed by atoms with Gasteiger partial charge in [0.15, 0.2) is 0 Å². The van der Waals surface area contributed by atoms with Crippen molar-refractivity contribution in [2.75, 3.05) is 18.4 Å². The number of aromatic nitrogens is 1. The van der Waals surface area contributed by atoms with E-state index in [-0.39, 0.29) is 5.91 Å². The summed E-state index contributed by atoms with van der Waals surface area (Å²) < 4.78 is 0.740. The van der Waals surface area contributed by atoms with Crippen molar-refractivity contribution < 1.29 is 4.79 Å². The Kier molecular flexibility index (Phi) is 5.43. The molecular formula is C21H19BrClN3O. The highest BCUT2D eigenvalue weighted by molar-refractivity contribution is 9.10.